The number of nitrogens with one attached hydrogen (secondary N) is 1. The van der Waals surface area contributed by atoms with Crippen molar-refractivity contribution in [3.8, 4) is 0 Å². The molecule has 4 heteroatoms. The van der Waals surface area contributed by atoms with Gasteiger partial charge in [0.2, 0.25) is 0 Å². The molecule has 4 nitrogen and oxygen atoms in total. The molecule has 0 amide bonds. The zero-order valence-corrected chi connectivity index (χ0v) is 7.04. The lowest BCUT2D eigenvalue weighted by molar-refractivity contribution is 1.12. The molecule has 0 unspecified atom stereocenters. The van der Waals surface area contributed by atoms with E-state index in [9.17, 15) is 0 Å². The molecular formula is C8H12N4. The number of aromatic nitrogens is 2. The molecule has 0 fully saturated rings. The van der Waals surface area contributed by atoms with Crippen LogP contribution in [0.1, 0.15) is 6.92 Å². The van der Waals surface area contributed by atoms with Gasteiger partial charge in [-0.3, -0.25) is 0 Å². The summed E-state index contributed by atoms with van der Waals surface area (Å²) in [5, 5.41) is 3.04. The Labute approximate surface area is 71.5 Å². The van der Waals surface area contributed by atoms with Crippen LogP contribution in [0, 0.1) is 0 Å². The molecule has 1 heterocycles. The summed E-state index contributed by atoms with van der Waals surface area (Å²) in [6, 6.07) is 0. The first-order chi connectivity index (χ1) is 5.70. The second-order valence-electron chi connectivity index (χ2n) is 2.64. The average molecular weight is 164 g/mol. The van der Waals surface area contributed by atoms with E-state index in [1.807, 2.05) is 6.92 Å². The van der Waals surface area contributed by atoms with Gasteiger partial charge in [0.05, 0.1) is 11.9 Å². The highest BCUT2D eigenvalue weighted by atomic mass is 15.0. The van der Waals surface area contributed by atoms with Crippen LogP contribution in [-0.4, -0.2) is 16.5 Å². The predicted octanol–water partition coefficient (Wildman–Crippen LogP) is 1.05. The highest BCUT2D eigenvalue weighted by Crippen LogP contribution is 2.11. The van der Waals surface area contributed by atoms with Crippen molar-refractivity contribution in [2.75, 3.05) is 17.6 Å². The third kappa shape index (κ3) is 2.23. The van der Waals surface area contributed by atoms with Gasteiger partial charge < -0.3 is 11.1 Å². The van der Waals surface area contributed by atoms with Gasteiger partial charge in [0, 0.05) is 6.54 Å². The molecule has 0 bridgehead atoms. The minimum Gasteiger partial charge on any atom is -0.394 e. The van der Waals surface area contributed by atoms with Crippen LogP contribution in [0.25, 0.3) is 0 Å². The van der Waals surface area contributed by atoms with Crippen molar-refractivity contribution >= 4 is 11.5 Å². The number of hydrogen-bond donors (Lipinski definition) is 2. The first-order valence-electron chi connectivity index (χ1n) is 3.64. The Balaban J connectivity index is 2.63. The minimum absolute atomic E-state index is 0.554. The molecule has 0 aliphatic carbocycles. The van der Waals surface area contributed by atoms with Crippen molar-refractivity contribution in [1.82, 2.24) is 9.97 Å². The smallest absolute Gasteiger partial charge is 0.152 e. The molecule has 0 saturated carbocycles. The van der Waals surface area contributed by atoms with E-state index < -0.39 is 0 Å². The maximum Gasteiger partial charge on any atom is 0.152 e. The van der Waals surface area contributed by atoms with Crippen molar-refractivity contribution in [3.63, 3.8) is 0 Å². The van der Waals surface area contributed by atoms with Crippen LogP contribution in [0.4, 0.5) is 11.5 Å². The lowest BCUT2D eigenvalue weighted by Crippen LogP contribution is -2.06. The fourth-order valence-corrected chi connectivity index (χ4v) is 0.723. The zero-order valence-electron chi connectivity index (χ0n) is 7.04. The SMILES string of the molecule is C=C(C)CNc1ncncc1N. The number of nitrogens with two attached hydrogens (primary N) is 1. The van der Waals surface area contributed by atoms with E-state index in [1.165, 1.54) is 6.33 Å². The fraction of sp³-hybridized carbons (Fsp3) is 0.250. The predicted molar refractivity (Wildman–Crippen MR) is 49.7 cm³/mol. The molecule has 0 spiro atoms. The Kier molecular flexibility index (Phi) is 2.63. The Bertz CT molecular complexity index is 282. The van der Waals surface area contributed by atoms with E-state index in [0.717, 1.165) is 5.57 Å². The van der Waals surface area contributed by atoms with Gasteiger partial charge in [-0.15, -0.1) is 0 Å². The summed E-state index contributed by atoms with van der Waals surface area (Å²) in [6.45, 7) is 6.37. The van der Waals surface area contributed by atoms with Crippen LogP contribution in [-0.2, 0) is 0 Å². The summed E-state index contributed by atoms with van der Waals surface area (Å²) in [6.07, 6.45) is 3.02. The maximum atomic E-state index is 5.59. The number of nitrogen functional groups attached to an aromatic ring is 1. The first-order valence-corrected chi connectivity index (χ1v) is 3.64. The Morgan fingerprint density at radius 2 is 2.50 bits per heavy atom. The molecule has 0 aliphatic rings. The van der Waals surface area contributed by atoms with Gasteiger partial charge in [-0.1, -0.05) is 12.2 Å². The van der Waals surface area contributed by atoms with E-state index in [2.05, 4.69) is 21.9 Å². The summed E-state index contributed by atoms with van der Waals surface area (Å²) in [7, 11) is 0. The third-order valence-corrected chi connectivity index (χ3v) is 1.30. The average Bonchev–Trinajstić information content (AvgIpc) is 2.03. The number of nitrogens with zero attached hydrogens (tertiary/aromatic N) is 2. The van der Waals surface area contributed by atoms with Crippen molar-refractivity contribution in [2.45, 2.75) is 6.92 Å². The summed E-state index contributed by atoms with van der Waals surface area (Å²) >= 11 is 0. The monoisotopic (exact) mass is 164 g/mol. The van der Waals surface area contributed by atoms with Crippen LogP contribution in [0.2, 0.25) is 0 Å². The lowest BCUT2D eigenvalue weighted by atomic mass is 10.3. The Morgan fingerprint density at radius 1 is 1.75 bits per heavy atom. The largest absolute Gasteiger partial charge is 0.394 e. The van der Waals surface area contributed by atoms with Crippen molar-refractivity contribution < 1.29 is 0 Å². The van der Waals surface area contributed by atoms with Gasteiger partial charge in [0.25, 0.3) is 0 Å². The summed E-state index contributed by atoms with van der Waals surface area (Å²) < 4.78 is 0. The molecule has 12 heavy (non-hydrogen) atoms. The summed E-state index contributed by atoms with van der Waals surface area (Å²) in [4.78, 5) is 7.74. The molecule has 1 aromatic rings. The minimum atomic E-state index is 0.554. The van der Waals surface area contributed by atoms with Gasteiger partial charge in [0.1, 0.15) is 6.33 Å². The van der Waals surface area contributed by atoms with Gasteiger partial charge in [-0.2, -0.15) is 0 Å². The Morgan fingerprint density at radius 3 is 3.08 bits per heavy atom. The highest BCUT2D eigenvalue weighted by molar-refractivity contribution is 5.59. The van der Waals surface area contributed by atoms with Crippen LogP contribution in [0.5, 0.6) is 0 Å². The number of anilines is 2. The summed E-state index contributed by atoms with van der Waals surface area (Å²) in [5.41, 5.74) is 7.18. The molecular weight excluding hydrogens is 152 g/mol. The molecule has 0 saturated heterocycles. The second kappa shape index (κ2) is 3.71. The van der Waals surface area contributed by atoms with Crippen LogP contribution in [0.15, 0.2) is 24.7 Å². The topological polar surface area (TPSA) is 63.8 Å². The van der Waals surface area contributed by atoms with E-state index in [4.69, 9.17) is 5.73 Å². The normalized spacial score (nSPS) is 9.42. The van der Waals surface area contributed by atoms with Crippen molar-refractivity contribution in [2.24, 2.45) is 0 Å². The van der Waals surface area contributed by atoms with E-state index >= 15 is 0 Å². The van der Waals surface area contributed by atoms with Crippen LogP contribution >= 0.6 is 0 Å². The van der Waals surface area contributed by atoms with Gasteiger partial charge in [0.15, 0.2) is 5.82 Å². The van der Waals surface area contributed by atoms with Gasteiger partial charge in [-0.25, -0.2) is 9.97 Å². The maximum absolute atomic E-state index is 5.59. The van der Waals surface area contributed by atoms with E-state index in [0.29, 0.717) is 18.1 Å². The number of hydrogen-bond acceptors (Lipinski definition) is 4. The van der Waals surface area contributed by atoms with Gasteiger partial charge >= 0.3 is 0 Å². The van der Waals surface area contributed by atoms with Gasteiger partial charge in [-0.05, 0) is 6.92 Å². The van der Waals surface area contributed by atoms with E-state index in [-0.39, 0.29) is 0 Å². The van der Waals surface area contributed by atoms with Crippen LogP contribution in [0.3, 0.4) is 0 Å². The molecule has 1 rings (SSSR count). The quantitative estimate of drug-likeness (QED) is 0.655. The van der Waals surface area contributed by atoms with E-state index in [1.54, 1.807) is 6.20 Å². The fourth-order valence-electron chi connectivity index (χ4n) is 0.723. The number of rotatable bonds is 3. The molecule has 3 N–H and O–H groups in total. The molecule has 0 aromatic carbocycles. The lowest BCUT2D eigenvalue weighted by Gasteiger charge is -2.05. The van der Waals surface area contributed by atoms with Crippen molar-refractivity contribution in [1.29, 1.82) is 0 Å². The first kappa shape index (κ1) is 8.52. The summed E-state index contributed by atoms with van der Waals surface area (Å²) in [5.74, 6) is 0.660. The Hall–Kier alpha value is -1.58. The second-order valence-corrected chi connectivity index (χ2v) is 2.64. The molecule has 0 aliphatic heterocycles. The van der Waals surface area contributed by atoms with Crippen LogP contribution < -0.4 is 11.1 Å². The third-order valence-electron chi connectivity index (χ3n) is 1.30. The zero-order chi connectivity index (χ0) is 8.97. The highest BCUT2D eigenvalue weighted by Gasteiger charge is 1.97. The molecule has 1 aromatic heterocycles. The molecule has 0 atom stereocenters. The standard InChI is InChI=1S/C8H12N4/c1-6(2)3-11-8-7(9)4-10-5-12-8/h4-5H,1,3,9H2,2H3,(H,10,11,12). The van der Waals surface area contributed by atoms with Crippen molar-refractivity contribution in [3.05, 3.63) is 24.7 Å². The molecule has 64 valence electrons. The molecule has 0 radical (unpaired) electrons.